The van der Waals surface area contributed by atoms with Crippen LogP contribution in [0, 0.1) is 5.92 Å². The number of halogens is 1. The fourth-order valence-electron chi connectivity index (χ4n) is 4.01. The highest BCUT2D eigenvalue weighted by molar-refractivity contribution is 5.85. The summed E-state index contributed by atoms with van der Waals surface area (Å²) in [6.07, 6.45) is 7.00. The molecule has 1 amide bonds. The van der Waals surface area contributed by atoms with Crippen LogP contribution in [-0.2, 0) is 4.79 Å². The van der Waals surface area contributed by atoms with E-state index in [9.17, 15) is 4.79 Å². The van der Waals surface area contributed by atoms with Gasteiger partial charge in [-0.1, -0.05) is 0 Å². The Bertz CT molecular complexity index is 327. The first-order valence-electron chi connectivity index (χ1n) is 7.93. The molecule has 0 aromatic heterocycles. The number of rotatable bonds is 2. The van der Waals surface area contributed by atoms with E-state index < -0.39 is 0 Å². The third kappa shape index (κ3) is 3.86. The van der Waals surface area contributed by atoms with Crippen molar-refractivity contribution in [3.63, 3.8) is 0 Å². The molecular weight excluding hydrogens is 274 g/mol. The molecule has 2 unspecified atom stereocenters. The molecule has 3 rings (SSSR count). The standard InChI is InChI=1S/C15H27N3O.ClH/c1-17-5-2-6-18(8-7-17)15(19)11-12-9-13-3-4-14(10-12)16-13;/h12-14,16H,2-11H2,1H3;1H. The Balaban J connectivity index is 0.00000147. The third-order valence-corrected chi connectivity index (χ3v) is 5.11. The van der Waals surface area contributed by atoms with Gasteiger partial charge in [0.05, 0.1) is 0 Å². The summed E-state index contributed by atoms with van der Waals surface area (Å²) in [7, 11) is 2.15. The molecule has 0 aliphatic carbocycles. The first kappa shape index (κ1) is 16.1. The average Bonchev–Trinajstić information content (AvgIpc) is 2.60. The molecule has 2 bridgehead atoms. The number of amides is 1. The van der Waals surface area contributed by atoms with E-state index in [2.05, 4.69) is 22.2 Å². The van der Waals surface area contributed by atoms with Gasteiger partial charge in [-0.3, -0.25) is 4.79 Å². The summed E-state index contributed by atoms with van der Waals surface area (Å²) >= 11 is 0. The van der Waals surface area contributed by atoms with Crippen molar-refractivity contribution in [2.24, 2.45) is 5.92 Å². The van der Waals surface area contributed by atoms with E-state index in [1.807, 2.05) is 0 Å². The third-order valence-electron chi connectivity index (χ3n) is 5.11. The van der Waals surface area contributed by atoms with Crippen LogP contribution in [0.5, 0.6) is 0 Å². The fraction of sp³-hybridized carbons (Fsp3) is 0.933. The second-order valence-electron chi connectivity index (χ2n) is 6.72. The van der Waals surface area contributed by atoms with Crippen molar-refractivity contribution in [3.8, 4) is 0 Å². The summed E-state index contributed by atoms with van der Waals surface area (Å²) in [6.45, 7) is 4.04. The van der Waals surface area contributed by atoms with Gasteiger partial charge in [-0.25, -0.2) is 0 Å². The van der Waals surface area contributed by atoms with Crippen LogP contribution in [0.25, 0.3) is 0 Å². The van der Waals surface area contributed by atoms with Gasteiger partial charge in [-0.05, 0) is 51.6 Å². The fourth-order valence-corrected chi connectivity index (χ4v) is 4.01. The van der Waals surface area contributed by atoms with E-state index in [-0.39, 0.29) is 12.4 Å². The zero-order valence-electron chi connectivity index (χ0n) is 12.5. The minimum absolute atomic E-state index is 0. The minimum Gasteiger partial charge on any atom is -0.341 e. The minimum atomic E-state index is 0. The molecule has 1 N–H and O–H groups in total. The largest absolute Gasteiger partial charge is 0.341 e. The van der Waals surface area contributed by atoms with Crippen molar-refractivity contribution >= 4 is 18.3 Å². The lowest BCUT2D eigenvalue weighted by Crippen LogP contribution is -2.41. The van der Waals surface area contributed by atoms with Crippen molar-refractivity contribution < 1.29 is 4.79 Å². The molecule has 3 aliphatic heterocycles. The highest BCUT2D eigenvalue weighted by Gasteiger charge is 2.34. The maximum absolute atomic E-state index is 12.4. The van der Waals surface area contributed by atoms with Crippen molar-refractivity contribution in [2.45, 2.75) is 50.6 Å². The van der Waals surface area contributed by atoms with Crippen LogP contribution in [0.4, 0.5) is 0 Å². The Morgan fingerprint density at radius 3 is 2.50 bits per heavy atom. The zero-order chi connectivity index (χ0) is 13.2. The number of nitrogens with zero attached hydrogens (tertiary/aromatic N) is 2. The van der Waals surface area contributed by atoms with Crippen molar-refractivity contribution in [3.05, 3.63) is 0 Å². The van der Waals surface area contributed by atoms with E-state index in [4.69, 9.17) is 0 Å². The average molecular weight is 302 g/mol. The summed E-state index contributed by atoms with van der Waals surface area (Å²) in [5, 5.41) is 3.66. The molecule has 4 nitrogen and oxygen atoms in total. The van der Waals surface area contributed by atoms with Crippen LogP contribution >= 0.6 is 12.4 Å². The molecule has 3 saturated heterocycles. The lowest BCUT2D eigenvalue weighted by molar-refractivity contribution is -0.132. The number of hydrogen-bond donors (Lipinski definition) is 1. The molecular formula is C15H28ClN3O. The van der Waals surface area contributed by atoms with Crippen LogP contribution in [0.1, 0.15) is 38.5 Å². The molecule has 20 heavy (non-hydrogen) atoms. The molecule has 116 valence electrons. The second kappa shape index (κ2) is 7.10. The number of likely N-dealkylation sites (N-methyl/N-ethyl adjacent to an activating group) is 1. The predicted octanol–water partition coefficient (Wildman–Crippen LogP) is 1.49. The Kier molecular flexibility index (Phi) is 5.70. The van der Waals surface area contributed by atoms with Gasteiger partial charge in [0, 0.05) is 38.1 Å². The summed E-state index contributed by atoms with van der Waals surface area (Å²) in [5.74, 6) is 1.04. The van der Waals surface area contributed by atoms with E-state index in [0.717, 1.165) is 39.0 Å². The van der Waals surface area contributed by atoms with E-state index in [1.54, 1.807) is 0 Å². The van der Waals surface area contributed by atoms with Gasteiger partial charge in [0.1, 0.15) is 0 Å². The highest BCUT2D eigenvalue weighted by atomic mass is 35.5. The molecule has 5 heteroatoms. The maximum atomic E-state index is 12.4. The Morgan fingerprint density at radius 1 is 1.10 bits per heavy atom. The smallest absolute Gasteiger partial charge is 0.222 e. The molecule has 0 radical (unpaired) electrons. The van der Waals surface area contributed by atoms with Crippen LogP contribution in [0.3, 0.4) is 0 Å². The number of nitrogens with one attached hydrogen (secondary N) is 1. The first-order chi connectivity index (χ1) is 9.20. The van der Waals surface area contributed by atoms with E-state index >= 15 is 0 Å². The van der Waals surface area contributed by atoms with Gasteiger partial charge in [0.2, 0.25) is 5.91 Å². The molecule has 3 aliphatic rings. The topological polar surface area (TPSA) is 35.6 Å². The highest BCUT2D eigenvalue weighted by Crippen LogP contribution is 2.33. The summed E-state index contributed by atoms with van der Waals surface area (Å²) < 4.78 is 0. The summed E-state index contributed by atoms with van der Waals surface area (Å²) in [6, 6.07) is 1.40. The van der Waals surface area contributed by atoms with Crippen LogP contribution in [-0.4, -0.2) is 61.0 Å². The number of hydrogen-bond acceptors (Lipinski definition) is 3. The number of carbonyl (C=O) groups excluding carboxylic acids is 1. The van der Waals surface area contributed by atoms with Crippen LogP contribution in [0.15, 0.2) is 0 Å². The van der Waals surface area contributed by atoms with Gasteiger partial charge in [0.25, 0.3) is 0 Å². The van der Waals surface area contributed by atoms with Crippen LogP contribution < -0.4 is 5.32 Å². The van der Waals surface area contributed by atoms with Gasteiger partial charge in [0.15, 0.2) is 0 Å². The van der Waals surface area contributed by atoms with Gasteiger partial charge in [-0.15, -0.1) is 12.4 Å². The molecule has 0 spiro atoms. The van der Waals surface area contributed by atoms with Gasteiger partial charge in [-0.2, -0.15) is 0 Å². The lowest BCUT2D eigenvalue weighted by Gasteiger charge is -2.30. The molecule has 2 atom stereocenters. The monoisotopic (exact) mass is 301 g/mol. The summed E-state index contributed by atoms with van der Waals surface area (Å²) in [5.41, 5.74) is 0. The van der Waals surface area contributed by atoms with Crippen molar-refractivity contribution in [1.29, 1.82) is 0 Å². The Morgan fingerprint density at radius 2 is 1.80 bits per heavy atom. The van der Waals surface area contributed by atoms with E-state index in [1.165, 1.54) is 25.7 Å². The van der Waals surface area contributed by atoms with Crippen LogP contribution in [0.2, 0.25) is 0 Å². The lowest BCUT2D eigenvalue weighted by atomic mass is 9.89. The first-order valence-corrected chi connectivity index (χ1v) is 7.93. The van der Waals surface area contributed by atoms with Gasteiger partial charge < -0.3 is 15.1 Å². The molecule has 0 aromatic rings. The summed E-state index contributed by atoms with van der Waals surface area (Å²) in [4.78, 5) is 16.9. The normalized spacial score (nSPS) is 34.5. The quantitative estimate of drug-likeness (QED) is 0.839. The Hall–Kier alpha value is -0.320. The van der Waals surface area contributed by atoms with Crippen molar-refractivity contribution in [2.75, 3.05) is 33.2 Å². The number of fused-ring (bicyclic) bond motifs is 2. The SMILES string of the molecule is CN1CCCN(C(=O)CC2CC3CCC(C2)N3)CC1.Cl. The van der Waals surface area contributed by atoms with Crippen molar-refractivity contribution in [1.82, 2.24) is 15.1 Å². The Labute approximate surface area is 128 Å². The molecule has 3 fully saturated rings. The van der Waals surface area contributed by atoms with Gasteiger partial charge >= 0.3 is 0 Å². The molecule has 0 saturated carbocycles. The number of carbonyl (C=O) groups is 1. The predicted molar refractivity (Wildman–Crippen MR) is 83.2 cm³/mol. The maximum Gasteiger partial charge on any atom is 0.222 e. The molecule has 0 aromatic carbocycles. The zero-order valence-corrected chi connectivity index (χ0v) is 13.3. The van der Waals surface area contributed by atoms with E-state index in [0.29, 0.717) is 23.9 Å². The second-order valence-corrected chi connectivity index (χ2v) is 6.72. The molecule has 3 heterocycles. The number of piperidine rings is 1.